The molecule has 0 aromatic heterocycles. The van der Waals surface area contributed by atoms with Crippen LogP contribution in [0.5, 0.6) is 5.75 Å². The summed E-state index contributed by atoms with van der Waals surface area (Å²) >= 11 is 0. The number of likely N-dealkylation sites (N-methyl/N-ethyl adjacent to an activating group) is 1. The first-order chi connectivity index (χ1) is 8.08. The number of nitrogens with one attached hydrogen (secondary N) is 1. The second kappa shape index (κ2) is 4.37. The second-order valence-electron chi connectivity index (χ2n) is 4.57. The maximum atomic E-state index is 11.9. The molecule has 0 aliphatic carbocycles. The van der Waals surface area contributed by atoms with Crippen LogP contribution in [-0.2, 0) is 11.2 Å². The zero-order valence-electron chi connectivity index (χ0n) is 10.4. The second-order valence-corrected chi connectivity index (χ2v) is 4.57. The quantitative estimate of drug-likeness (QED) is 0.804. The Morgan fingerprint density at radius 1 is 1.53 bits per heavy atom. The van der Waals surface area contributed by atoms with Gasteiger partial charge in [0.1, 0.15) is 11.4 Å². The number of fused-ring (bicyclic) bond motifs is 1. The van der Waals surface area contributed by atoms with Gasteiger partial charge in [0.05, 0.1) is 12.7 Å². The Morgan fingerprint density at radius 3 is 2.94 bits per heavy atom. The molecule has 0 amide bonds. The highest BCUT2D eigenvalue weighted by Gasteiger charge is 2.35. The third kappa shape index (κ3) is 2.26. The fourth-order valence-electron chi connectivity index (χ4n) is 2.22. The number of hydrogen-bond acceptors (Lipinski definition) is 4. The van der Waals surface area contributed by atoms with Gasteiger partial charge < -0.3 is 14.8 Å². The number of cyclic esters (lactones) is 1. The van der Waals surface area contributed by atoms with Crippen LogP contribution < -0.4 is 10.1 Å². The summed E-state index contributed by atoms with van der Waals surface area (Å²) in [6.45, 7) is 2.58. The van der Waals surface area contributed by atoms with Crippen molar-refractivity contribution in [3.63, 3.8) is 0 Å². The van der Waals surface area contributed by atoms with Crippen LogP contribution in [0.15, 0.2) is 18.2 Å². The predicted molar refractivity (Wildman–Crippen MR) is 64.4 cm³/mol. The maximum absolute atomic E-state index is 11.9. The van der Waals surface area contributed by atoms with Crippen molar-refractivity contribution in [1.29, 1.82) is 0 Å². The molecule has 1 aromatic rings. The smallest absolute Gasteiger partial charge is 0.339 e. The van der Waals surface area contributed by atoms with E-state index in [1.807, 2.05) is 26.1 Å². The van der Waals surface area contributed by atoms with E-state index in [0.717, 1.165) is 12.0 Å². The van der Waals surface area contributed by atoms with Gasteiger partial charge in [-0.25, -0.2) is 4.79 Å². The lowest BCUT2D eigenvalue weighted by Gasteiger charge is -2.34. The molecule has 0 bridgehead atoms. The topological polar surface area (TPSA) is 47.6 Å². The van der Waals surface area contributed by atoms with Gasteiger partial charge in [-0.3, -0.25) is 0 Å². The summed E-state index contributed by atoms with van der Waals surface area (Å²) in [5.74, 6) is 0.404. The van der Waals surface area contributed by atoms with Crippen molar-refractivity contribution < 1.29 is 14.3 Å². The van der Waals surface area contributed by atoms with Gasteiger partial charge in [0.15, 0.2) is 0 Å². The minimum absolute atomic E-state index is 0.275. The molecule has 1 heterocycles. The minimum atomic E-state index is -0.465. The molecule has 0 saturated carbocycles. The van der Waals surface area contributed by atoms with Crippen LogP contribution in [0.25, 0.3) is 0 Å². The average molecular weight is 235 g/mol. The summed E-state index contributed by atoms with van der Waals surface area (Å²) in [6.07, 6.45) is 0.721. The van der Waals surface area contributed by atoms with E-state index in [-0.39, 0.29) is 5.97 Å². The minimum Gasteiger partial charge on any atom is -0.497 e. The Kier molecular flexibility index (Phi) is 3.07. The average Bonchev–Trinajstić information content (AvgIpc) is 2.28. The van der Waals surface area contributed by atoms with E-state index in [1.54, 1.807) is 13.2 Å². The number of hydrogen-bond donors (Lipinski definition) is 1. The molecule has 17 heavy (non-hydrogen) atoms. The maximum Gasteiger partial charge on any atom is 0.339 e. The number of carbonyl (C=O) groups excluding carboxylic acids is 1. The van der Waals surface area contributed by atoms with Gasteiger partial charge >= 0.3 is 5.97 Å². The number of benzene rings is 1. The molecule has 4 nitrogen and oxygen atoms in total. The van der Waals surface area contributed by atoms with Gasteiger partial charge in [0.25, 0.3) is 0 Å². The molecule has 1 unspecified atom stereocenters. The summed E-state index contributed by atoms with van der Waals surface area (Å²) in [5.41, 5.74) is 1.16. The third-order valence-electron chi connectivity index (χ3n) is 2.99. The summed E-state index contributed by atoms with van der Waals surface area (Å²) in [4.78, 5) is 11.9. The van der Waals surface area contributed by atoms with Gasteiger partial charge in [0.2, 0.25) is 0 Å². The van der Waals surface area contributed by atoms with Crippen molar-refractivity contribution in [1.82, 2.24) is 5.32 Å². The summed E-state index contributed by atoms with van der Waals surface area (Å²) in [7, 11) is 3.43. The molecule has 1 atom stereocenters. The van der Waals surface area contributed by atoms with Crippen LogP contribution in [0.4, 0.5) is 0 Å². The molecule has 4 heteroatoms. The van der Waals surface area contributed by atoms with E-state index in [4.69, 9.17) is 9.47 Å². The standard InChI is InChI=1S/C13H17NO3/c1-13(8-14-2)7-9-4-5-10(16-3)6-11(9)12(15)17-13/h4-6,14H,7-8H2,1-3H3. The van der Waals surface area contributed by atoms with E-state index < -0.39 is 5.60 Å². The van der Waals surface area contributed by atoms with E-state index >= 15 is 0 Å². The van der Waals surface area contributed by atoms with Gasteiger partial charge in [-0.2, -0.15) is 0 Å². The van der Waals surface area contributed by atoms with Crippen LogP contribution in [0.3, 0.4) is 0 Å². The van der Waals surface area contributed by atoms with Crippen molar-refractivity contribution >= 4 is 5.97 Å². The van der Waals surface area contributed by atoms with Crippen molar-refractivity contribution in [3.05, 3.63) is 29.3 Å². The number of esters is 1. The zero-order valence-corrected chi connectivity index (χ0v) is 10.4. The molecule has 1 aromatic carbocycles. The molecule has 1 aliphatic rings. The molecular formula is C13H17NO3. The normalized spacial score (nSPS) is 22.9. The monoisotopic (exact) mass is 235 g/mol. The SMILES string of the molecule is CNCC1(C)Cc2ccc(OC)cc2C(=O)O1. The highest BCUT2D eigenvalue weighted by molar-refractivity contribution is 5.93. The zero-order chi connectivity index (χ0) is 12.5. The Balaban J connectivity index is 2.35. The van der Waals surface area contributed by atoms with Gasteiger partial charge in [0, 0.05) is 13.0 Å². The van der Waals surface area contributed by atoms with Crippen molar-refractivity contribution in [2.24, 2.45) is 0 Å². The fraction of sp³-hybridized carbons (Fsp3) is 0.462. The lowest BCUT2D eigenvalue weighted by atomic mass is 9.90. The van der Waals surface area contributed by atoms with Gasteiger partial charge in [-0.15, -0.1) is 0 Å². The van der Waals surface area contributed by atoms with Crippen LogP contribution in [0.2, 0.25) is 0 Å². The molecule has 92 valence electrons. The van der Waals surface area contributed by atoms with E-state index in [9.17, 15) is 4.79 Å². The van der Waals surface area contributed by atoms with Crippen molar-refractivity contribution in [3.8, 4) is 5.75 Å². The Hall–Kier alpha value is -1.55. The molecular weight excluding hydrogens is 218 g/mol. The molecule has 1 aliphatic heterocycles. The van der Waals surface area contributed by atoms with E-state index in [0.29, 0.717) is 17.9 Å². The van der Waals surface area contributed by atoms with E-state index in [1.165, 1.54) is 0 Å². The Morgan fingerprint density at radius 2 is 2.29 bits per heavy atom. The van der Waals surface area contributed by atoms with Crippen LogP contribution >= 0.6 is 0 Å². The fourth-order valence-corrected chi connectivity index (χ4v) is 2.22. The molecule has 1 N–H and O–H groups in total. The lowest BCUT2D eigenvalue weighted by molar-refractivity contribution is -0.0140. The van der Waals surface area contributed by atoms with Crippen LogP contribution in [-0.4, -0.2) is 32.3 Å². The van der Waals surface area contributed by atoms with Gasteiger partial charge in [-0.1, -0.05) is 6.07 Å². The first kappa shape index (κ1) is 11.9. The van der Waals surface area contributed by atoms with Crippen LogP contribution in [0.1, 0.15) is 22.8 Å². The van der Waals surface area contributed by atoms with Gasteiger partial charge in [-0.05, 0) is 31.7 Å². The molecule has 0 spiro atoms. The van der Waals surface area contributed by atoms with E-state index in [2.05, 4.69) is 5.32 Å². The first-order valence-corrected chi connectivity index (χ1v) is 5.63. The predicted octanol–water partition coefficient (Wildman–Crippen LogP) is 1.39. The van der Waals surface area contributed by atoms with Crippen molar-refractivity contribution in [2.45, 2.75) is 18.9 Å². The Labute approximate surface area is 101 Å². The van der Waals surface area contributed by atoms with Crippen molar-refractivity contribution in [2.75, 3.05) is 20.7 Å². The molecule has 0 fully saturated rings. The third-order valence-corrected chi connectivity index (χ3v) is 2.99. The Bertz CT molecular complexity index is 444. The molecule has 2 rings (SSSR count). The number of rotatable bonds is 3. The molecule has 0 saturated heterocycles. The number of carbonyl (C=O) groups is 1. The van der Waals surface area contributed by atoms with Crippen LogP contribution in [0, 0.1) is 0 Å². The highest BCUT2D eigenvalue weighted by atomic mass is 16.6. The first-order valence-electron chi connectivity index (χ1n) is 5.63. The molecule has 0 radical (unpaired) electrons. The number of ether oxygens (including phenoxy) is 2. The largest absolute Gasteiger partial charge is 0.497 e. The highest BCUT2D eigenvalue weighted by Crippen LogP contribution is 2.30. The summed E-state index contributed by atoms with van der Waals surface area (Å²) < 4.78 is 10.6. The summed E-state index contributed by atoms with van der Waals surface area (Å²) in [6, 6.07) is 5.54. The summed E-state index contributed by atoms with van der Waals surface area (Å²) in [5, 5.41) is 3.05. The number of methoxy groups -OCH3 is 1. The lowest BCUT2D eigenvalue weighted by Crippen LogP contribution is -2.46.